The summed E-state index contributed by atoms with van der Waals surface area (Å²) in [6.45, 7) is 0. The number of hydrogen-bond donors (Lipinski definition) is 1. The van der Waals surface area contributed by atoms with Gasteiger partial charge in [0.25, 0.3) is 5.91 Å². The van der Waals surface area contributed by atoms with E-state index in [0.29, 0.717) is 25.4 Å². The molecule has 0 saturated heterocycles. The van der Waals surface area contributed by atoms with E-state index in [0.717, 1.165) is 0 Å². The maximum Gasteiger partial charge on any atom is 0.320 e. The molecular formula is C14H10Cl2N4O3S. The lowest BCUT2D eigenvalue weighted by Gasteiger charge is -2.05. The molecule has 0 radical (unpaired) electrons. The predicted molar refractivity (Wildman–Crippen MR) is 92.7 cm³/mol. The van der Waals surface area contributed by atoms with Crippen LogP contribution in [0.4, 0.5) is 5.13 Å². The van der Waals surface area contributed by atoms with Crippen molar-refractivity contribution in [1.82, 2.24) is 15.0 Å². The highest BCUT2D eigenvalue weighted by molar-refractivity contribution is 7.23. The van der Waals surface area contributed by atoms with Gasteiger partial charge < -0.3 is 9.47 Å². The van der Waals surface area contributed by atoms with E-state index >= 15 is 0 Å². The Balaban J connectivity index is 1.92. The van der Waals surface area contributed by atoms with Gasteiger partial charge in [0.2, 0.25) is 5.88 Å². The normalized spacial score (nSPS) is 10.7. The molecule has 0 atom stereocenters. The van der Waals surface area contributed by atoms with Crippen LogP contribution in [0.1, 0.15) is 10.5 Å². The number of methoxy groups -OCH3 is 2. The summed E-state index contributed by atoms with van der Waals surface area (Å²) in [6.07, 6.45) is 0. The van der Waals surface area contributed by atoms with Crippen LogP contribution in [-0.2, 0) is 0 Å². The number of anilines is 1. The zero-order valence-corrected chi connectivity index (χ0v) is 14.8. The molecule has 2 heterocycles. The summed E-state index contributed by atoms with van der Waals surface area (Å²) in [6, 6.07) is 4.74. The van der Waals surface area contributed by atoms with Crippen molar-refractivity contribution >= 4 is 55.8 Å². The first-order chi connectivity index (χ1) is 11.5. The molecule has 0 saturated carbocycles. The van der Waals surface area contributed by atoms with Crippen LogP contribution in [0.15, 0.2) is 18.2 Å². The maximum atomic E-state index is 12.4. The topological polar surface area (TPSA) is 86.2 Å². The van der Waals surface area contributed by atoms with Crippen molar-refractivity contribution in [1.29, 1.82) is 0 Å². The van der Waals surface area contributed by atoms with Crippen LogP contribution in [-0.4, -0.2) is 35.1 Å². The van der Waals surface area contributed by atoms with E-state index in [1.807, 2.05) is 0 Å². The first-order valence-electron chi connectivity index (χ1n) is 6.54. The molecule has 24 heavy (non-hydrogen) atoms. The number of aromatic nitrogens is 3. The zero-order valence-electron chi connectivity index (χ0n) is 12.5. The molecule has 0 unspecified atom stereocenters. The molecule has 0 aliphatic rings. The van der Waals surface area contributed by atoms with E-state index < -0.39 is 5.91 Å². The quantitative estimate of drug-likeness (QED) is 0.738. The Kier molecular flexibility index (Phi) is 4.70. The van der Waals surface area contributed by atoms with Crippen molar-refractivity contribution in [2.45, 2.75) is 0 Å². The molecule has 3 aromatic rings. The van der Waals surface area contributed by atoms with Crippen LogP contribution in [0.5, 0.6) is 11.9 Å². The number of thiazole rings is 1. The number of carbonyl (C=O) groups excluding carboxylic acids is 1. The summed E-state index contributed by atoms with van der Waals surface area (Å²) in [4.78, 5) is 24.6. The third kappa shape index (κ3) is 3.21. The Morgan fingerprint density at radius 2 is 1.88 bits per heavy atom. The third-order valence-corrected chi connectivity index (χ3v) is 4.71. The van der Waals surface area contributed by atoms with Crippen molar-refractivity contribution in [2.24, 2.45) is 0 Å². The molecule has 0 fully saturated rings. The van der Waals surface area contributed by atoms with Gasteiger partial charge in [-0.25, -0.2) is 4.98 Å². The highest BCUT2D eigenvalue weighted by Crippen LogP contribution is 2.36. The molecule has 0 bridgehead atoms. The van der Waals surface area contributed by atoms with Gasteiger partial charge in [0.1, 0.15) is 11.2 Å². The average molecular weight is 385 g/mol. The van der Waals surface area contributed by atoms with Crippen LogP contribution in [0.2, 0.25) is 10.0 Å². The number of halogens is 2. The highest BCUT2D eigenvalue weighted by Gasteiger charge is 2.16. The van der Waals surface area contributed by atoms with E-state index in [-0.39, 0.29) is 17.6 Å². The summed E-state index contributed by atoms with van der Waals surface area (Å²) >= 11 is 13.4. The zero-order chi connectivity index (χ0) is 17.3. The van der Waals surface area contributed by atoms with Crippen molar-refractivity contribution in [3.63, 3.8) is 0 Å². The van der Waals surface area contributed by atoms with E-state index in [2.05, 4.69) is 20.3 Å². The number of nitrogens with zero attached hydrogens (tertiary/aromatic N) is 3. The number of ether oxygens (including phenoxy) is 2. The lowest BCUT2D eigenvalue weighted by molar-refractivity contribution is 0.102. The monoisotopic (exact) mass is 384 g/mol. The van der Waals surface area contributed by atoms with Crippen LogP contribution in [0.3, 0.4) is 0 Å². The molecule has 1 aromatic carbocycles. The number of carbonyl (C=O) groups is 1. The lowest BCUT2D eigenvalue weighted by atomic mass is 10.3. The third-order valence-electron chi connectivity index (χ3n) is 2.97. The van der Waals surface area contributed by atoms with Crippen molar-refractivity contribution < 1.29 is 14.3 Å². The number of fused-ring (bicyclic) bond motifs is 1. The predicted octanol–water partition coefficient (Wildman–Crippen LogP) is 3.66. The minimum absolute atomic E-state index is 0.0230. The van der Waals surface area contributed by atoms with Crippen LogP contribution >= 0.6 is 34.5 Å². The standard InChI is InChI=1S/C14H10Cl2N4O3S/c1-22-9-5-8(17-13(18-9)23-2)12(21)20-14-19-10-6(15)3-4-7(16)11(10)24-14/h3-5H,1-2H3,(H,19,20,21). The maximum absolute atomic E-state index is 12.4. The van der Waals surface area contributed by atoms with E-state index in [4.69, 9.17) is 32.7 Å². The van der Waals surface area contributed by atoms with Gasteiger partial charge in [-0.2, -0.15) is 9.97 Å². The van der Waals surface area contributed by atoms with E-state index in [9.17, 15) is 4.79 Å². The summed E-state index contributed by atoms with van der Waals surface area (Å²) < 4.78 is 10.7. The van der Waals surface area contributed by atoms with Gasteiger partial charge in [-0.1, -0.05) is 34.5 Å². The molecule has 124 valence electrons. The molecule has 2 aromatic heterocycles. The average Bonchev–Trinajstić information content (AvgIpc) is 3.02. The molecule has 0 spiro atoms. The first kappa shape index (κ1) is 16.7. The second kappa shape index (κ2) is 6.76. The first-order valence-corrected chi connectivity index (χ1v) is 8.12. The Morgan fingerprint density at radius 1 is 1.12 bits per heavy atom. The summed E-state index contributed by atoms with van der Waals surface area (Å²) in [5.74, 6) is -0.275. The van der Waals surface area contributed by atoms with Crippen LogP contribution < -0.4 is 14.8 Å². The van der Waals surface area contributed by atoms with Crippen LogP contribution in [0.25, 0.3) is 10.2 Å². The van der Waals surface area contributed by atoms with Crippen molar-refractivity contribution in [3.8, 4) is 11.9 Å². The van der Waals surface area contributed by atoms with Gasteiger partial charge in [0.05, 0.1) is 29.0 Å². The van der Waals surface area contributed by atoms with Crippen molar-refractivity contribution in [2.75, 3.05) is 19.5 Å². The molecule has 0 aliphatic heterocycles. The Labute approximate surface area is 150 Å². The largest absolute Gasteiger partial charge is 0.481 e. The van der Waals surface area contributed by atoms with Gasteiger partial charge in [-0.15, -0.1) is 0 Å². The number of rotatable bonds is 4. The second-order valence-electron chi connectivity index (χ2n) is 4.46. The number of nitrogens with one attached hydrogen (secondary N) is 1. The fourth-order valence-electron chi connectivity index (χ4n) is 1.88. The molecule has 1 N–H and O–H groups in total. The lowest BCUT2D eigenvalue weighted by Crippen LogP contribution is -2.14. The Hall–Kier alpha value is -2.16. The van der Waals surface area contributed by atoms with Gasteiger partial charge in [0.15, 0.2) is 5.13 Å². The molecular weight excluding hydrogens is 375 g/mol. The molecule has 0 aliphatic carbocycles. The molecule has 7 nitrogen and oxygen atoms in total. The fraction of sp³-hybridized carbons (Fsp3) is 0.143. The van der Waals surface area contributed by atoms with E-state index in [1.54, 1.807) is 12.1 Å². The second-order valence-corrected chi connectivity index (χ2v) is 6.28. The minimum atomic E-state index is -0.486. The van der Waals surface area contributed by atoms with Crippen molar-refractivity contribution in [3.05, 3.63) is 33.9 Å². The minimum Gasteiger partial charge on any atom is -0.481 e. The van der Waals surface area contributed by atoms with Gasteiger partial charge in [-0.05, 0) is 12.1 Å². The Bertz CT molecular complexity index is 871. The van der Waals surface area contributed by atoms with Gasteiger partial charge in [0, 0.05) is 6.07 Å². The highest BCUT2D eigenvalue weighted by atomic mass is 35.5. The molecule has 10 heteroatoms. The smallest absolute Gasteiger partial charge is 0.320 e. The number of benzene rings is 1. The molecule has 1 amide bonds. The number of hydrogen-bond acceptors (Lipinski definition) is 7. The van der Waals surface area contributed by atoms with E-state index in [1.165, 1.54) is 31.6 Å². The Morgan fingerprint density at radius 3 is 2.54 bits per heavy atom. The number of amides is 1. The SMILES string of the molecule is COc1cc(C(=O)Nc2nc3c(Cl)ccc(Cl)c3s2)nc(OC)n1. The fourth-order valence-corrected chi connectivity index (χ4v) is 3.29. The molecule has 3 rings (SSSR count). The summed E-state index contributed by atoms with van der Waals surface area (Å²) in [7, 11) is 2.83. The summed E-state index contributed by atoms with van der Waals surface area (Å²) in [5.41, 5.74) is 0.609. The van der Waals surface area contributed by atoms with Gasteiger partial charge in [-0.3, -0.25) is 10.1 Å². The van der Waals surface area contributed by atoms with Crippen LogP contribution in [0, 0.1) is 0 Å². The summed E-state index contributed by atoms with van der Waals surface area (Å²) in [5, 5.41) is 3.97. The van der Waals surface area contributed by atoms with Gasteiger partial charge >= 0.3 is 6.01 Å².